The largest absolute Gasteiger partial charge is 0.398 e. The molecule has 4 nitrogen and oxygen atoms in total. The SMILES string of the molecule is Nc1ccc(N)c(CC2CO2)c1CC1CO1. The Balaban J connectivity index is 1.92. The van der Waals surface area contributed by atoms with Crippen molar-refractivity contribution in [1.82, 2.24) is 0 Å². The first kappa shape index (κ1) is 9.93. The molecule has 86 valence electrons. The summed E-state index contributed by atoms with van der Waals surface area (Å²) in [4.78, 5) is 0. The van der Waals surface area contributed by atoms with Gasteiger partial charge in [-0.25, -0.2) is 0 Å². The van der Waals surface area contributed by atoms with E-state index in [1.54, 1.807) is 0 Å². The molecule has 2 fully saturated rings. The van der Waals surface area contributed by atoms with E-state index in [0.29, 0.717) is 12.2 Å². The van der Waals surface area contributed by atoms with E-state index in [9.17, 15) is 0 Å². The molecule has 0 radical (unpaired) electrons. The molecule has 3 rings (SSSR count). The van der Waals surface area contributed by atoms with E-state index in [-0.39, 0.29) is 0 Å². The topological polar surface area (TPSA) is 77.1 Å². The molecule has 4 N–H and O–H groups in total. The van der Waals surface area contributed by atoms with Gasteiger partial charge in [-0.1, -0.05) is 0 Å². The molecule has 0 spiro atoms. The molecule has 0 amide bonds. The van der Waals surface area contributed by atoms with Crippen LogP contribution in [0.15, 0.2) is 12.1 Å². The smallest absolute Gasteiger partial charge is 0.0851 e. The van der Waals surface area contributed by atoms with Gasteiger partial charge in [0.15, 0.2) is 0 Å². The van der Waals surface area contributed by atoms with Crippen LogP contribution in [0, 0.1) is 0 Å². The fourth-order valence-electron chi connectivity index (χ4n) is 2.04. The van der Waals surface area contributed by atoms with Crippen LogP contribution < -0.4 is 11.5 Å². The third-order valence-electron chi connectivity index (χ3n) is 3.17. The number of nitrogens with two attached hydrogens (primary N) is 2. The fraction of sp³-hybridized carbons (Fsp3) is 0.500. The maximum atomic E-state index is 6.01. The Morgan fingerprint density at radius 2 is 1.31 bits per heavy atom. The van der Waals surface area contributed by atoms with Gasteiger partial charge in [-0.3, -0.25) is 0 Å². The number of hydrogen-bond donors (Lipinski definition) is 2. The molecule has 1 aromatic rings. The van der Waals surface area contributed by atoms with Crippen molar-refractivity contribution in [2.45, 2.75) is 25.0 Å². The van der Waals surface area contributed by atoms with Crippen molar-refractivity contribution in [2.24, 2.45) is 0 Å². The Bertz CT molecular complexity index is 373. The summed E-state index contributed by atoms with van der Waals surface area (Å²) < 4.78 is 10.5. The quantitative estimate of drug-likeness (QED) is 0.579. The molecule has 4 heteroatoms. The number of nitrogen functional groups attached to an aromatic ring is 2. The van der Waals surface area contributed by atoms with Gasteiger partial charge < -0.3 is 20.9 Å². The number of anilines is 2. The third-order valence-corrected chi connectivity index (χ3v) is 3.17. The van der Waals surface area contributed by atoms with Crippen LogP contribution in [0.5, 0.6) is 0 Å². The third kappa shape index (κ3) is 1.99. The lowest BCUT2D eigenvalue weighted by atomic mass is 9.96. The van der Waals surface area contributed by atoms with E-state index in [1.807, 2.05) is 12.1 Å². The van der Waals surface area contributed by atoms with E-state index in [0.717, 1.165) is 48.6 Å². The lowest BCUT2D eigenvalue weighted by molar-refractivity contribution is 0.402. The van der Waals surface area contributed by atoms with Crippen molar-refractivity contribution in [2.75, 3.05) is 24.7 Å². The highest BCUT2D eigenvalue weighted by molar-refractivity contribution is 5.62. The molecule has 2 aliphatic rings. The Labute approximate surface area is 94.5 Å². The predicted molar refractivity (Wildman–Crippen MR) is 62.2 cm³/mol. The first-order valence-corrected chi connectivity index (χ1v) is 5.63. The zero-order chi connectivity index (χ0) is 11.1. The number of epoxide rings is 2. The summed E-state index contributed by atoms with van der Waals surface area (Å²) in [5, 5.41) is 0. The molecule has 16 heavy (non-hydrogen) atoms. The summed E-state index contributed by atoms with van der Waals surface area (Å²) in [7, 11) is 0. The molecule has 2 saturated heterocycles. The highest BCUT2D eigenvalue weighted by Crippen LogP contribution is 2.31. The molecular weight excluding hydrogens is 204 g/mol. The zero-order valence-corrected chi connectivity index (χ0v) is 9.11. The summed E-state index contributed by atoms with van der Waals surface area (Å²) >= 11 is 0. The molecule has 2 heterocycles. The monoisotopic (exact) mass is 220 g/mol. The first-order chi connectivity index (χ1) is 7.74. The number of hydrogen-bond acceptors (Lipinski definition) is 4. The molecule has 0 aromatic heterocycles. The molecule has 2 aliphatic heterocycles. The predicted octanol–water partition coefficient (Wildman–Crippen LogP) is 0.734. The molecule has 1 aromatic carbocycles. The second-order valence-corrected chi connectivity index (χ2v) is 4.52. The molecule has 0 saturated carbocycles. The van der Waals surface area contributed by atoms with E-state index in [4.69, 9.17) is 20.9 Å². The summed E-state index contributed by atoms with van der Waals surface area (Å²) in [6.45, 7) is 1.68. The minimum Gasteiger partial charge on any atom is -0.398 e. The van der Waals surface area contributed by atoms with Gasteiger partial charge in [0, 0.05) is 24.2 Å². The Kier molecular flexibility index (Phi) is 2.26. The van der Waals surface area contributed by atoms with Gasteiger partial charge in [-0.2, -0.15) is 0 Å². The van der Waals surface area contributed by atoms with Crippen molar-refractivity contribution in [3.63, 3.8) is 0 Å². The van der Waals surface area contributed by atoms with Crippen LogP contribution >= 0.6 is 0 Å². The second-order valence-electron chi connectivity index (χ2n) is 4.52. The van der Waals surface area contributed by atoms with E-state index >= 15 is 0 Å². The first-order valence-electron chi connectivity index (χ1n) is 5.63. The van der Waals surface area contributed by atoms with Crippen LogP contribution in [0.1, 0.15) is 11.1 Å². The van der Waals surface area contributed by atoms with E-state index in [2.05, 4.69) is 0 Å². The highest BCUT2D eigenvalue weighted by Gasteiger charge is 2.29. The number of benzene rings is 1. The average molecular weight is 220 g/mol. The van der Waals surface area contributed by atoms with Crippen molar-refractivity contribution in [3.05, 3.63) is 23.3 Å². The van der Waals surface area contributed by atoms with Crippen LogP contribution in [-0.4, -0.2) is 25.4 Å². The lowest BCUT2D eigenvalue weighted by Crippen LogP contribution is -2.09. The molecule has 2 atom stereocenters. The fourth-order valence-corrected chi connectivity index (χ4v) is 2.04. The Morgan fingerprint density at radius 3 is 1.62 bits per heavy atom. The standard InChI is InChI=1S/C12H16N2O2/c13-11-1-2-12(14)10(4-8-6-16-8)9(11)3-7-5-15-7/h1-2,7-8H,3-6,13-14H2. The summed E-state index contributed by atoms with van der Waals surface area (Å²) in [6, 6.07) is 3.76. The van der Waals surface area contributed by atoms with Crippen molar-refractivity contribution in [1.29, 1.82) is 0 Å². The lowest BCUT2D eigenvalue weighted by Gasteiger charge is -2.13. The zero-order valence-electron chi connectivity index (χ0n) is 9.11. The normalized spacial score (nSPS) is 26.8. The highest BCUT2D eigenvalue weighted by atomic mass is 16.6. The van der Waals surface area contributed by atoms with Gasteiger partial charge in [-0.15, -0.1) is 0 Å². The van der Waals surface area contributed by atoms with Gasteiger partial charge >= 0.3 is 0 Å². The number of rotatable bonds is 4. The maximum Gasteiger partial charge on any atom is 0.0851 e. The molecule has 0 aliphatic carbocycles. The van der Waals surface area contributed by atoms with Gasteiger partial charge in [0.2, 0.25) is 0 Å². The summed E-state index contributed by atoms with van der Waals surface area (Å²) in [5.41, 5.74) is 16.0. The van der Waals surface area contributed by atoms with Crippen LogP contribution in [0.2, 0.25) is 0 Å². The average Bonchev–Trinajstić information content (AvgIpc) is 3.10. The maximum absolute atomic E-state index is 6.01. The van der Waals surface area contributed by atoms with Gasteiger partial charge in [0.25, 0.3) is 0 Å². The summed E-state index contributed by atoms with van der Waals surface area (Å²) in [6.07, 6.45) is 2.42. The molecule has 2 unspecified atom stereocenters. The van der Waals surface area contributed by atoms with E-state index in [1.165, 1.54) is 0 Å². The van der Waals surface area contributed by atoms with Crippen molar-refractivity contribution in [3.8, 4) is 0 Å². The van der Waals surface area contributed by atoms with Crippen LogP contribution in [-0.2, 0) is 22.3 Å². The van der Waals surface area contributed by atoms with Crippen LogP contribution in [0.25, 0.3) is 0 Å². The van der Waals surface area contributed by atoms with Crippen LogP contribution in [0.3, 0.4) is 0 Å². The number of ether oxygens (including phenoxy) is 2. The van der Waals surface area contributed by atoms with Gasteiger partial charge in [-0.05, 0) is 23.3 Å². The second kappa shape index (κ2) is 3.64. The van der Waals surface area contributed by atoms with Crippen LogP contribution in [0.4, 0.5) is 11.4 Å². The van der Waals surface area contributed by atoms with E-state index < -0.39 is 0 Å². The Hall–Kier alpha value is -1.26. The molecular formula is C12H16N2O2. The minimum absolute atomic E-state index is 0.336. The summed E-state index contributed by atoms with van der Waals surface area (Å²) in [5.74, 6) is 0. The van der Waals surface area contributed by atoms with Crippen molar-refractivity contribution >= 4 is 11.4 Å². The van der Waals surface area contributed by atoms with Gasteiger partial charge in [0.1, 0.15) is 0 Å². The molecule has 0 bridgehead atoms. The van der Waals surface area contributed by atoms with Gasteiger partial charge in [0.05, 0.1) is 25.4 Å². The minimum atomic E-state index is 0.336. The Morgan fingerprint density at radius 1 is 0.938 bits per heavy atom. The van der Waals surface area contributed by atoms with Crippen molar-refractivity contribution < 1.29 is 9.47 Å².